The molecule has 162 valence electrons. The van der Waals surface area contributed by atoms with Gasteiger partial charge in [-0.1, -0.05) is 53.7 Å². The van der Waals surface area contributed by atoms with E-state index >= 15 is 0 Å². The van der Waals surface area contributed by atoms with Gasteiger partial charge in [0.25, 0.3) is 11.6 Å². The summed E-state index contributed by atoms with van der Waals surface area (Å²) in [6.45, 7) is 4.51. The monoisotopic (exact) mass is 426 g/mol. The van der Waals surface area contributed by atoms with E-state index in [1.165, 1.54) is 18.5 Å². The smallest absolute Gasteiger partial charge is 0.259 e. The molecule has 0 radical (unpaired) electrons. The Morgan fingerprint density at radius 2 is 1.78 bits per heavy atom. The van der Waals surface area contributed by atoms with Crippen molar-refractivity contribution in [2.45, 2.75) is 26.3 Å². The Labute approximate surface area is 187 Å². The van der Waals surface area contributed by atoms with Crippen LogP contribution >= 0.6 is 0 Å². The minimum Gasteiger partial charge on any atom is -0.371 e. The van der Waals surface area contributed by atoms with Gasteiger partial charge in [0.2, 0.25) is 0 Å². The molecule has 1 aliphatic heterocycles. The first-order chi connectivity index (χ1) is 15.6. The van der Waals surface area contributed by atoms with Crippen molar-refractivity contribution in [3.05, 3.63) is 77.5 Å². The lowest BCUT2D eigenvalue weighted by Gasteiger charge is -2.24. The van der Waals surface area contributed by atoms with Crippen LogP contribution in [0.2, 0.25) is 0 Å². The van der Waals surface area contributed by atoms with Crippen LogP contribution in [0.1, 0.15) is 34.5 Å². The van der Waals surface area contributed by atoms with E-state index < -0.39 is 0 Å². The summed E-state index contributed by atoms with van der Waals surface area (Å²) in [5.41, 5.74) is 5.62. The summed E-state index contributed by atoms with van der Waals surface area (Å²) in [5, 5.41) is 4.74. The van der Waals surface area contributed by atoms with E-state index in [0.29, 0.717) is 34.6 Å². The van der Waals surface area contributed by atoms with E-state index in [1.54, 1.807) is 4.90 Å². The fourth-order valence-electron chi connectivity index (χ4n) is 4.46. The highest BCUT2D eigenvalue weighted by Crippen LogP contribution is 2.29. The van der Waals surface area contributed by atoms with Crippen molar-refractivity contribution in [2.75, 3.05) is 25.0 Å². The zero-order valence-electron chi connectivity index (χ0n) is 18.4. The maximum Gasteiger partial charge on any atom is 0.259 e. The van der Waals surface area contributed by atoms with Crippen LogP contribution in [-0.2, 0) is 6.54 Å². The number of carbonyl (C=O) groups excluding carboxylic acids is 1. The van der Waals surface area contributed by atoms with Crippen LogP contribution in [0.15, 0.2) is 65.2 Å². The van der Waals surface area contributed by atoms with Gasteiger partial charge in [-0.05, 0) is 37.5 Å². The number of fused-ring (bicyclic) bond motifs is 1. The number of aromatic nitrogens is 2. The number of para-hydroxylation sites is 1. The van der Waals surface area contributed by atoms with Crippen LogP contribution < -0.4 is 4.90 Å². The van der Waals surface area contributed by atoms with E-state index in [9.17, 15) is 4.79 Å². The van der Waals surface area contributed by atoms with Crippen molar-refractivity contribution in [1.82, 2.24) is 15.0 Å². The molecule has 0 N–H and O–H groups in total. The van der Waals surface area contributed by atoms with E-state index in [-0.39, 0.29) is 5.91 Å². The number of benzene rings is 2. The summed E-state index contributed by atoms with van der Waals surface area (Å²) in [4.78, 5) is 22.4. The lowest BCUT2D eigenvalue weighted by Crippen LogP contribution is -2.28. The molecular weight excluding hydrogens is 400 g/mol. The summed E-state index contributed by atoms with van der Waals surface area (Å²) in [6, 6.07) is 20.0. The number of pyridine rings is 1. The van der Waals surface area contributed by atoms with Gasteiger partial charge >= 0.3 is 0 Å². The summed E-state index contributed by atoms with van der Waals surface area (Å²) in [6.07, 6.45) is 2.43. The van der Waals surface area contributed by atoms with Crippen molar-refractivity contribution >= 4 is 22.7 Å². The summed E-state index contributed by atoms with van der Waals surface area (Å²) in [5.74, 6) is -0.0721. The number of aryl methyl sites for hydroxylation is 1. The number of rotatable bonds is 5. The first-order valence-electron chi connectivity index (χ1n) is 11.0. The number of anilines is 1. The van der Waals surface area contributed by atoms with Gasteiger partial charge in [0.05, 0.1) is 22.3 Å². The minimum atomic E-state index is -0.0721. The van der Waals surface area contributed by atoms with Crippen LogP contribution in [0.5, 0.6) is 0 Å². The Morgan fingerprint density at radius 3 is 2.56 bits per heavy atom. The molecular formula is C26H26N4O2. The predicted molar refractivity (Wildman–Crippen MR) is 126 cm³/mol. The second kappa shape index (κ2) is 8.46. The van der Waals surface area contributed by atoms with Crippen molar-refractivity contribution in [1.29, 1.82) is 0 Å². The first-order valence-corrected chi connectivity index (χ1v) is 11.0. The van der Waals surface area contributed by atoms with Crippen LogP contribution in [0.25, 0.3) is 22.4 Å². The SMILES string of the molecule is Cc1noc2nc(-c3ccccc3)cc(C(=O)N(C)Cc3ccccc3N3CCCC3)c12. The van der Waals surface area contributed by atoms with Gasteiger partial charge in [-0.15, -0.1) is 0 Å². The standard InChI is InChI=1S/C26H26N4O2/c1-18-24-21(16-22(27-25(24)32-28-18)19-10-4-3-5-11-19)26(31)29(2)17-20-12-6-7-13-23(20)30-14-8-9-15-30/h3-7,10-13,16H,8-9,14-15,17H2,1-2H3. The van der Waals surface area contributed by atoms with Crippen molar-refractivity contribution in [2.24, 2.45) is 0 Å². The largest absolute Gasteiger partial charge is 0.371 e. The predicted octanol–water partition coefficient (Wildman–Crippen LogP) is 5.07. The van der Waals surface area contributed by atoms with Gasteiger partial charge in [0.15, 0.2) is 0 Å². The molecule has 2 aromatic heterocycles. The molecule has 0 aliphatic carbocycles. The molecule has 1 fully saturated rings. The molecule has 1 aliphatic rings. The van der Waals surface area contributed by atoms with Crippen molar-refractivity contribution in [3.63, 3.8) is 0 Å². The fraction of sp³-hybridized carbons (Fsp3) is 0.269. The molecule has 1 saturated heterocycles. The molecule has 3 heterocycles. The molecule has 0 atom stereocenters. The number of hydrogen-bond acceptors (Lipinski definition) is 5. The normalized spacial score (nSPS) is 13.6. The van der Waals surface area contributed by atoms with Gasteiger partial charge < -0.3 is 14.3 Å². The molecule has 6 nitrogen and oxygen atoms in total. The molecule has 2 aromatic carbocycles. The van der Waals surface area contributed by atoms with Crippen LogP contribution in [-0.4, -0.2) is 41.1 Å². The highest BCUT2D eigenvalue weighted by Gasteiger charge is 2.23. The summed E-state index contributed by atoms with van der Waals surface area (Å²) < 4.78 is 5.45. The molecule has 0 spiro atoms. The Bertz CT molecular complexity index is 1260. The third kappa shape index (κ3) is 3.73. The molecule has 1 amide bonds. The lowest BCUT2D eigenvalue weighted by molar-refractivity contribution is 0.0787. The number of amides is 1. The lowest BCUT2D eigenvalue weighted by atomic mass is 10.0. The van der Waals surface area contributed by atoms with Gasteiger partial charge in [-0.3, -0.25) is 4.79 Å². The molecule has 6 heteroatoms. The second-order valence-electron chi connectivity index (χ2n) is 8.35. The molecule has 0 saturated carbocycles. The fourth-order valence-corrected chi connectivity index (χ4v) is 4.46. The zero-order valence-corrected chi connectivity index (χ0v) is 18.4. The summed E-state index contributed by atoms with van der Waals surface area (Å²) in [7, 11) is 1.85. The maximum atomic E-state index is 13.6. The molecule has 5 rings (SSSR count). The number of nitrogens with zero attached hydrogens (tertiary/aromatic N) is 4. The maximum absolute atomic E-state index is 13.6. The Kier molecular flexibility index (Phi) is 5.35. The topological polar surface area (TPSA) is 62.5 Å². The van der Waals surface area contributed by atoms with Crippen LogP contribution in [0.4, 0.5) is 5.69 Å². The Hall–Kier alpha value is -3.67. The third-order valence-corrected chi connectivity index (χ3v) is 6.11. The van der Waals surface area contributed by atoms with E-state index in [0.717, 1.165) is 24.2 Å². The number of carbonyl (C=O) groups is 1. The number of hydrogen-bond donors (Lipinski definition) is 0. The van der Waals surface area contributed by atoms with E-state index in [2.05, 4.69) is 33.2 Å². The van der Waals surface area contributed by atoms with Crippen LogP contribution in [0.3, 0.4) is 0 Å². The molecule has 0 unspecified atom stereocenters. The van der Waals surface area contributed by atoms with E-state index in [1.807, 2.05) is 56.4 Å². The van der Waals surface area contributed by atoms with E-state index in [4.69, 9.17) is 4.52 Å². The summed E-state index contributed by atoms with van der Waals surface area (Å²) >= 11 is 0. The van der Waals surface area contributed by atoms with Gasteiger partial charge in [0, 0.05) is 37.9 Å². The highest BCUT2D eigenvalue weighted by atomic mass is 16.5. The van der Waals surface area contributed by atoms with Gasteiger partial charge in [-0.25, -0.2) is 4.98 Å². The van der Waals surface area contributed by atoms with Gasteiger partial charge in [-0.2, -0.15) is 0 Å². The van der Waals surface area contributed by atoms with Crippen molar-refractivity contribution < 1.29 is 9.32 Å². The average molecular weight is 427 g/mol. The Morgan fingerprint density at radius 1 is 1.06 bits per heavy atom. The Balaban J connectivity index is 1.50. The average Bonchev–Trinajstić information content (AvgIpc) is 3.49. The highest BCUT2D eigenvalue weighted by molar-refractivity contribution is 6.06. The van der Waals surface area contributed by atoms with Gasteiger partial charge in [0.1, 0.15) is 0 Å². The molecule has 0 bridgehead atoms. The molecule has 4 aromatic rings. The third-order valence-electron chi connectivity index (χ3n) is 6.11. The van der Waals surface area contributed by atoms with Crippen LogP contribution in [0, 0.1) is 6.92 Å². The quantitative estimate of drug-likeness (QED) is 0.446. The zero-order chi connectivity index (χ0) is 22.1. The van der Waals surface area contributed by atoms with Crippen molar-refractivity contribution in [3.8, 4) is 11.3 Å². The molecule has 32 heavy (non-hydrogen) atoms. The second-order valence-corrected chi connectivity index (χ2v) is 8.35. The minimum absolute atomic E-state index is 0.0721. The first kappa shape index (κ1) is 20.2.